The molecule has 0 bridgehead atoms. The number of amides is 1. The van der Waals surface area contributed by atoms with Crippen LogP contribution in [0.4, 0.5) is 34.6 Å². The number of aryl methyl sites for hydroxylation is 1. The molecule has 3 heterocycles. The van der Waals surface area contributed by atoms with Crippen molar-refractivity contribution >= 4 is 34.6 Å². The maximum atomic E-state index is 15.0. The Morgan fingerprint density at radius 3 is 2.45 bits per heavy atom. The minimum Gasteiger partial charge on any atom is -0.367 e. The third kappa shape index (κ3) is 5.48. The largest absolute Gasteiger partial charge is 0.419 e. The molecule has 14 heteroatoms. The van der Waals surface area contributed by atoms with Crippen LogP contribution in [0.2, 0.25) is 5.02 Å². The van der Waals surface area contributed by atoms with Gasteiger partial charge in [-0.1, -0.05) is 16.8 Å². The molecule has 1 amide bonds. The van der Waals surface area contributed by atoms with E-state index in [1.165, 1.54) is 24.3 Å². The number of carbonyl (C=O) groups excluding carboxylic acids is 1. The van der Waals surface area contributed by atoms with Crippen molar-refractivity contribution in [1.82, 2.24) is 14.7 Å². The Morgan fingerprint density at radius 2 is 1.80 bits per heavy atom. The van der Waals surface area contributed by atoms with E-state index < -0.39 is 23.5 Å². The Hall–Kier alpha value is -3.71. The lowest BCUT2D eigenvalue weighted by Crippen LogP contribution is -2.45. The van der Waals surface area contributed by atoms with E-state index in [1.54, 1.807) is 20.8 Å². The standard InChI is InChI=1S/C26H27ClF4N8O/c1-15-18(13-32-37(15)3)21-14-39(35-34-21)22-10-16(4-5-20(22)27)25(40)33-17-11-19(26(29,30)31)24(28)23(12-17)38-8-6-36(2)7-9-38/h4-5,10-13,21H,6-9,14H2,1-3H3,(H,33,40). The molecule has 1 unspecified atom stereocenters. The number of alkyl halides is 3. The summed E-state index contributed by atoms with van der Waals surface area (Å²) in [4.78, 5) is 16.7. The second-order valence-corrected chi connectivity index (χ2v) is 10.3. The highest BCUT2D eigenvalue weighted by Crippen LogP contribution is 2.39. The molecule has 3 aromatic rings. The van der Waals surface area contributed by atoms with Crippen LogP contribution in [0, 0.1) is 12.7 Å². The molecule has 2 aliphatic heterocycles. The number of hydrogen-bond acceptors (Lipinski definition) is 7. The predicted octanol–water partition coefficient (Wildman–Crippen LogP) is 5.47. The number of aromatic nitrogens is 2. The van der Waals surface area contributed by atoms with Crippen LogP contribution in [0.15, 0.2) is 46.9 Å². The second-order valence-electron chi connectivity index (χ2n) is 9.88. The summed E-state index contributed by atoms with van der Waals surface area (Å²) in [7, 11) is 3.71. The van der Waals surface area contributed by atoms with Gasteiger partial charge in [-0.05, 0) is 44.3 Å². The highest BCUT2D eigenvalue weighted by atomic mass is 35.5. The topological polar surface area (TPSA) is 81.4 Å². The summed E-state index contributed by atoms with van der Waals surface area (Å²) in [6.07, 6.45) is -3.22. The summed E-state index contributed by atoms with van der Waals surface area (Å²) in [6, 6.07) is 6.01. The molecule has 212 valence electrons. The molecular weight excluding hydrogens is 552 g/mol. The van der Waals surface area contributed by atoms with Crippen LogP contribution in [0.3, 0.4) is 0 Å². The van der Waals surface area contributed by atoms with E-state index in [2.05, 4.69) is 20.8 Å². The van der Waals surface area contributed by atoms with E-state index >= 15 is 4.39 Å². The summed E-state index contributed by atoms with van der Waals surface area (Å²) in [5.74, 6) is -2.04. The Kier molecular flexibility index (Phi) is 7.44. The first-order valence-corrected chi connectivity index (χ1v) is 12.9. The normalized spacial score (nSPS) is 18.1. The molecular formula is C26H27ClF4N8O. The predicted molar refractivity (Wildman–Crippen MR) is 143 cm³/mol. The molecule has 1 fully saturated rings. The van der Waals surface area contributed by atoms with E-state index in [-0.39, 0.29) is 23.0 Å². The number of anilines is 3. The molecule has 2 aromatic carbocycles. The fraction of sp³-hybridized carbons (Fsp3) is 0.385. The van der Waals surface area contributed by atoms with Crippen molar-refractivity contribution < 1.29 is 22.4 Å². The van der Waals surface area contributed by atoms with Crippen molar-refractivity contribution in [2.24, 2.45) is 17.4 Å². The number of likely N-dealkylation sites (N-methyl/N-ethyl adjacent to an activating group) is 1. The number of piperazine rings is 1. The average Bonchev–Trinajstić information content (AvgIpc) is 3.51. The van der Waals surface area contributed by atoms with Gasteiger partial charge in [-0.15, -0.1) is 0 Å². The SMILES string of the molecule is Cc1c(C2CN(c3cc(C(=O)Nc4cc(N5CCN(C)CC5)c(F)c(C(F)(F)F)c4)ccc3Cl)N=N2)cnn1C. The zero-order valence-corrected chi connectivity index (χ0v) is 22.8. The number of nitrogens with one attached hydrogen (secondary N) is 1. The highest BCUT2D eigenvalue weighted by Gasteiger charge is 2.37. The van der Waals surface area contributed by atoms with Gasteiger partial charge in [0.1, 0.15) is 6.04 Å². The van der Waals surface area contributed by atoms with Gasteiger partial charge in [0.2, 0.25) is 0 Å². The molecule has 1 saturated heterocycles. The number of rotatable bonds is 5. The molecule has 2 aliphatic rings. The minimum atomic E-state index is -4.94. The average molecular weight is 579 g/mol. The van der Waals surface area contributed by atoms with E-state index in [0.717, 1.165) is 11.3 Å². The van der Waals surface area contributed by atoms with Crippen molar-refractivity contribution in [2.75, 3.05) is 55.0 Å². The molecule has 1 atom stereocenters. The zero-order chi connectivity index (χ0) is 28.8. The van der Waals surface area contributed by atoms with E-state index in [0.29, 0.717) is 49.5 Å². The van der Waals surface area contributed by atoms with Gasteiger partial charge in [-0.3, -0.25) is 9.48 Å². The van der Waals surface area contributed by atoms with Crippen LogP contribution in [-0.4, -0.2) is 60.4 Å². The van der Waals surface area contributed by atoms with Crippen molar-refractivity contribution in [2.45, 2.75) is 19.1 Å². The maximum Gasteiger partial charge on any atom is 0.419 e. The van der Waals surface area contributed by atoms with Gasteiger partial charge in [0.15, 0.2) is 5.82 Å². The zero-order valence-electron chi connectivity index (χ0n) is 22.0. The van der Waals surface area contributed by atoms with Gasteiger partial charge in [-0.25, -0.2) is 9.40 Å². The lowest BCUT2D eigenvalue weighted by Gasteiger charge is -2.34. The summed E-state index contributed by atoms with van der Waals surface area (Å²) in [5, 5.41) is 17.1. The molecule has 1 aromatic heterocycles. The Balaban J connectivity index is 1.39. The number of benzene rings is 2. The van der Waals surface area contributed by atoms with E-state index in [9.17, 15) is 18.0 Å². The van der Waals surface area contributed by atoms with Crippen molar-refractivity contribution in [3.63, 3.8) is 0 Å². The van der Waals surface area contributed by atoms with Crippen LogP contribution in [0.5, 0.6) is 0 Å². The maximum absolute atomic E-state index is 15.0. The number of halogens is 5. The fourth-order valence-electron chi connectivity index (χ4n) is 4.73. The fourth-order valence-corrected chi connectivity index (χ4v) is 4.95. The Morgan fingerprint density at radius 1 is 1.07 bits per heavy atom. The first kappa shape index (κ1) is 27.8. The third-order valence-electron chi connectivity index (χ3n) is 7.22. The highest BCUT2D eigenvalue weighted by molar-refractivity contribution is 6.33. The van der Waals surface area contributed by atoms with Crippen LogP contribution < -0.4 is 15.2 Å². The smallest absolute Gasteiger partial charge is 0.367 e. The molecule has 40 heavy (non-hydrogen) atoms. The lowest BCUT2D eigenvalue weighted by molar-refractivity contribution is -0.139. The first-order chi connectivity index (χ1) is 18.9. The van der Waals surface area contributed by atoms with Crippen LogP contribution in [0.1, 0.15) is 33.2 Å². The monoisotopic (exact) mass is 578 g/mol. The van der Waals surface area contributed by atoms with E-state index in [4.69, 9.17) is 11.6 Å². The van der Waals surface area contributed by atoms with Crippen molar-refractivity contribution in [1.29, 1.82) is 0 Å². The van der Waals surface area contributed by atoms with Gasteiger partial charge in [0.05, 0.1) is 34.7 Å². The summed E-state index contributed by atoms with van der Waals surface area (Å²) >= 11 is 6.41. The molecule has 9 nitrogen and oxygen atoms in total. The molecule has 0 spiro atoms. The molecule has 1 N–H and O–H groups in total. The summed E-state index contributed by atoms with van der Waals surface area (Å²) in [5.41, 5.74) is 0.585. The summed E-state index contributed by atoms with van der Waals surface area (Å²) < 4.78 is 57.9. The van der Waals surface area contributed by atoms with Crippen LogP contribution in [-0.2, 0) is 13.2 Å². The molecule has 0 radical (unpaired) electrons. The first-order valence-electron chi connectivity index (χ1n) is 12.5. The second kappa shape index (κ2) is 10.7. The molecule has 0 saturated carbocycles. The number of nitrogens with zero attached hydrogens (tertiary/aromatic N) is 7. The van der Waals surface area contributed by atoms with Crippen molar-refractivity contribution in [3.8, 4) is 0 Å². The van der Waals surface area contributed by atoms with Crippen molar-refractivity contribution in [3.05, 3.63) is 69.8 Å². The van der Waals surface area contributed by atoms with Gasteiger partial charge in [-0.2, -0.15) is 23.4 Å². The van der Waals surface area contributed by atoms with Gasteiger partial charge >= 0.3 is 6.18 Å². The Labute approximate surface area is 233 Å². The van der Waals surface area contributed by atoms with Gasteiger partial charge < -0.3 is 15.1 Å². The molecule has 5 rings (SSSR count). The minimum absolute atomic E-state index is 0.134. The van der Waals surface area contributed by atoms with Crippen LogP contribution >= 0.6 is 11.6 Å². The third-order valence-corrected chi connectivity index (χ3v) is 7.54. The summed E-state index contributed by atoms with van der Waals surface area (Å²) in [6.45, 7) is 4.13. The quantitative estimate of drug-likeness (QED) is 0.406. The molecule has 0 aliphatic carbocycles. The van der Waals surface area contributed by atoms with Crippen LogP contribution in [0.25, 0.3) is 0 Å². The number of hydrogen-bond donors (Lipinski definition) is 1. The van der Waals surface area contributed by atoms with Gasteiger partial charge in [0.25, 0.3) is 5.91 Å². The lowest BCUT2D eigenvalue weighted by atomic mass is 10.1. The van der Waals surface area contributed by atoms with E-state index in [1.807, 2.05) is 25.9 Å². The number of carbonyl (C=O) groups is 1. The van der Waals surface area contributed by atoms with Gasteiger partial charge in [0, 0.05) is 55.7 Å². The Bertz CT molecular complexity index is 1470.